The molecule has 0 atom stereocenters. The van der Waals surface area contributed by atoms with Gasteiger partial charge in [0.15, 0.2) is 0 Å². The van der Waals surface area contributed by atoms with Crippen LogP contribution in [0.15, 0.2) is 18.2 Å². The zero-order valence-electron chi connectivity index (χ0n) is 13.6. The van der Waals surface area contributed by atoms with Gasteiger partial charge in [0.2, 0.25) is 0 Å². The summed E-state index contributed by atoms with van der Waals surface area (Å²) in [5.74, 6) is 0.0626. The van der Waals surface area contributed by atoms with Crippen molar-refractivity contribution in [1.29, 1.82) is 0 Å². The van der Waals surface area contributed by atoms with Gasteiger partial charge in [-0.1, -0.05) is 25.4 Å². The molecule has 1 aromatic rings. The van der Waals surface area contributed by atoms with Gasteiger partial charge in [-0.25, -0.2) is 9.18 Å². The van der Waals surface area contributed by atoms with Crippen LogP contribution in [-0.2, 0) is 0 Å². The third-order valence-electron chi connectivity index (χ3n) is 4.28. The molecule has 0 aromatic heterocycles. The van der Waals surface area contributed by atoms with E-state index in [-0.39, 0.29) is 11.1 Å². The molecule has 0 spiro atoms. The molecule has 1 aliphatic heterocycles. The third-order valence-corrected chi connectivity index (χ3v) is 4.50. The summed E-state index contributed by atoms with van der Waals surface area (Å²) in [6.45, 7) is 5.25. The Morgan fingerprint density at radius 2 is 2.04 bits per heavy atom. The average molecular weight is 343 g/mol. The van der Waals surface area contributed by atoms with E-state index in [9.17, 15) is 14.3 Å². The Balaban J connectivity index is 1.88. The number of carbonyl (C=O) groups is 1. The largest absolute Gasteiger partial charge is 0.390 e. The summed E-state index contributed by atoms with van der Waals surface area (Å²) >= 11 is 5.78. The fraction of sp³-hybridized carbons (Fsp3) is 0.588. The average Bonchev–Trinajstić information content (AvgIpc) is 2.45. The van der Waals surface area contributed by atoms with Crippen LogP contribution in [0.1, 0.15) is 39.5 Å². The molecule has 128 valence electrons. The second kappa shape index (κ2) is 7.49. The number of urea groups is 1. The van der Waals surface area contributed by atoms with Crippen molar-refractivity contribution in [2.45, 2.75) is 45.1 Å². The van der Waals surface area contributed by atoms with Crippen LogP contribution in [0.3, 0.4) is 0 Å². The van der Waals surface area contributed by atoms with E-state index in [1.807, 2.05) is 0 Å². The molecule has 0 saturated carbocycles. The Morgan fingerprint density at radius 1 is 1.39 bits per heavy atom. The van der Waals surface area contributed by atoms with Crippen LogP contribution < -0.4 is 5.32 Å². The SMILES string of the molecule is CC(C)CCC1(O)CCN(C(=O)Nc2cc(F)cc(Cl)c2)CC1. The van der Waals surface area contributed by atoms with Crippen molar-refractivity contribution in [3.8, 4) is 0 Å². The normalized spacial score (nSPS) is 17.4. The number of rotatable bonds is 4. The number of halogens is 2. The molecule has 4 nitrogen and oxygen atoms in total. The number of amides is 2. The summed E-state index contributed by atoms with van der Waals surface area (Å²) in [5, 5.41) is 13.4. The Kier molecular flexibility index (Phi) is 5.87. The molecule has 0 unspecified atom stereocenters. The van der Waals surface area contributed by atoms with E-state index < -0.39 is 11.4 Å². The lowest BCUT2D eigenvalue weighted by atomic mass is 9.85. The summed E-state index contributed by atoms with van der Waals surface area (Å²) in [5.41, 5.74) is -0.343. The number of likely N-dealkylation sites (tertiary alicyclic amines) is 1. The first kappa shape index (κ1) is 18.0. The van der Waals surface area contributed by atoms with Crippen LogP contribution >= 0.6 is 11.6 Å². The Hall–Kier alpha value is -1.33. The number of piperidine rings is 1. The Labute approximate surface area is 141 Å². The minimum Gasteiger partial charge on any atom is -0.390 e. The lowest BCUT2D eigenvalue weighted by Crippen LogP contribution is -2.48. The lowest BCUT2D eigenvalue weighted by molar-refractivity contribution is -0.0215. The smallest absolute Gasteiger partial charge is 0.321 e. The van der Waals surface area contributed by atoms with Crippen LogP contribution in [0.2, 0.25) is 5.02 Å². The highest BCUT2D eigenvalue weighted by Gasteiger charge is 2.33. The molecule has 2 amide bonds. The van der Waals surface area contributed by atoms with E-state index in [2.05, 4.69) is 19.2 Å². The first-order valence-corrected chi connectivity index (χ1v) is 8.40. The highest BCUT2D eigenvalue weighted by atomic mass is 35.5. The quantitative estimate of drug-likeness (QED) is 0.858. The van der Waals surface area contributed by atoms with Crippen molar-refractivity contribution in [2.24, 2.45) is 5.92 Å². The molecular formula is C17H24ClFN2O2. The molecule has 0 radical (unpaired) electrons. The maximum atomic E-state index is 13.3. The fourth-order valence-corrected chi connectivity index (χ4v) is 2.98. The van der Waals surface area contributed by atoms with E-state index in [1.54, 1.807) is 4.90 Å². The molecule has 1 heterocycles. The zero-order chi connectivity index (χ0) is 17.0. The summed E-state index contributed by atoms with van der Waals surface area (Å²) in [4.78, 5) is 13.9. The van der Waals surface area contributed by atoms with Gasteiger partial charge in [0, 0.05) is 23.8 Å². The predicted molar refractivity (Wildman–Crippen MR) is 90.3 cm³/mol. The molecule has 1 saturated heterocycles. The number of nitrogens with zero attached hydrogens (tertiary/aromatic N) is 1. The van der Waals surface area contributed by atoms with Crippen molar-refractivity contribution >= 4 is 23.3 Å². The standard InChI is InChI=1S/C17H24ClFN2O2/c1-12(2)3-4-17(23)5-7-21(8-6-17)16(22)20-15-10-13(18)9-14(19)11-15/h9-12,23H,3-8H2,1-2H3,(H,20,22). The van der Waals surface area contributed by atoms with Crippen molar-refractivity contribution in [1.82, 2.24) is 4.90 Å². The van der Waals surface area contributed by atoms with Gasteiger partial charge in [-0.05, 0) is 49.8 Å². The van der Waals surface area contributed by atoms with Gasteiger partial charge in [-0.3, -0.25) is 0 Å². The number of anilines is 1. The molecule has 2 rings (SSSR count). The number of nitrogens with one attached hydrogen (secondary N) is 1. The van der Waals surface area contributed by atoms with Crippen molar-refractivity contribution in [3.63, 3.8) is 0 Å². The molecule has 0 aliphatic carbocycles. The maximum Gasteiger partial charge on any atom is 0.321 e. The Morgan fingerprint density at radius 3 is 2.61 bits per heavy atom. The fourth-order valence-electron chi connectivity index (χ4n) is 2.76. The highest BCUT2D eigenvalue weighted by molar-refractivity contribution is 6.30. The number of hydrogen-bond donors (Lipinski definition) is 2. The monoisotopic (exact) mass is 342 g/mol. The first-order valence-electron chi connectivity index (χ1n) is 8.02. The van der Waals surface area contributed by atoms with Crippen LogP contribution in [0.25, 0.3) is 0 Å². The summed E-state index contributed by atoms with van der Waals surface area (Å²) in [6, 6.07) is 3.63. The third kappa shape index (κ3) is 5.36. The molecule has 2 N–H and O–H groups in total. The Bertz CT molecular complexity index is 537. The predicted octanol–water partition coefficient (Wildman–Crippen LogP) is 4.27. The van der Waals surface area contributed by atoms with E-state index >= 15 is 0 Å². The molecule has 1 aliphatic rings. The van der Waals surface area contributed by atoms with Gasteiger partial charge in [0.05, 0.1) is 5.60 Å². The number of benzene rings is 1. The van der Waals surface area contributed by atoms with Gasteiger partial charge in [0.25, 0.3) is 0 Å². The van der Waals surface area contributed by atoms with E-state index in [4.69, 9.17) is 11.6 Å². The van der Waals surface area contributed by atoms with Crippen LogP contribution in [0.4, 0.5) is 14.9 Å². The van der Waals surface area contributed by atoms with Gasteiger partial charge in [-0.15, -0.1) is 0 Å². The van der Waals surface area contributed by atoms with Gasteiger partial charge < -0.3 is 15.3 Å². The molecule has 6 heteroatoms. The molecule has 1 fully saturated rings. The van der Waals surface area contributed by atoms with E-state index in [1.165, 1.54) is 18.2 Å². The van der Waals surface area contributed by atoms with Gasteiger partial charge in [0.1, 0.15) is 5.82 Å². The van der Waals surface area contributed by atoms with Crippen molar-refractivity contribution in [3.05, 3.63) is 29.0 Å². The molecule has 1 aromatic carbocycles. The van der Waals surface area contributed by atoms with Gasteiger partial charge >= 0.3 is 6.03 Å². The molecule has 23 heavy (non-hydrogen) atoms. The van der Waals surface area contributed by atoms with Crippen LogP contribution in [-0.4, -0.2) is 34.7 Å². The van der Waals surface area contributed by atoms with Crippen LogP contribution in [0.5, 0.6) is 0 Å². The maximum absolute atomic E-state index is 13.3. The van der Waals surface area contributed by atoms with E-state index in [0.717, 1.165) is 12.8 Å². The minimum atomic E-state index is -0.677. The number of aliphatic hydroxyl groups is 1. The number of carbonyl (C=O) groups excluding carboxylic acids is 1. The van der Waals surface area contributed by atoms with Crippen molar-refractivity contribution in [2.75, 3.05) is 18.4 Å². The lowest BCUT2D eigenvalue weighted by Gasteiger charge is -2.38. The van der Waals surface area contributed by atoms with E-state index in [0.29, 0.717) is 37.5 Å². The highest BCUT2D eigenvalue weighted by Crippen LogP contribution is 2.29. The summed E-state index contributed by atoms with van der Waals surface area (Å²) in [6.07, 6.45) is 2.87. The zero-order valence-corrected chi connectivity index (χ0v) is 14.4. The summed E-state index contributed by atoms with van der Waals surface area (Å²) in [7, 11) is 0. The van der Waals surface area contributed by atoms with Gasteiger partial charge in [-0.2, -0.15) is 0 Å². The molecular weight excluding hydrogens is 319 g/mol. The van der Waals surface area contributed by atoms with Crippen LogP contribution in [0, 0.1) is 11.7 Å². The second-order valence-corrected chi connectivity index (χ2v) is 7.17. The van der Waals surface area contributed by atoms with Crippen molar-refractivity contribution < 1.29 is 14.3 Å². The molecule has 0 bridgehead atoms. The minimum absolute atomic E-state index is 0.238. The topological polar surface area (TPSA) is 52.6 Å². The first-order chi connectivity index (χ1) is 10.8. The second-order valence-electron chi connectivity index (χ2n) is 6.73. The summed E-state index contributed by atoms with van der Waals surface area (Å²) < 4.78 is 13.3. The number of hydrogen-bond acceptors (Lipinski definition) is 2.